The molecule has 2 aromatic rings. The zero-order chi connectivity index (χ0) is 18.8. The lowest BCUT2D eigenvalue weighted by Gasteiger charge is -2.17. The third-order valence-corrected chi connectivity index (χ3v) is 6.09. The van der Waals surface area contributed by atoms with Crippen LogP contribution in [0.1, 0.15) is 24.0 Å². The Morgan fingerprint density at radius 1 is 1.15 bits per heavy atom. The third kappa shape index (κ3) is 4.04. The van der Waals surface area contributed by atoms with Crippen LogP contribution < -0.4 is 10.2 Å². The number of nitrogens with one attached hydrogen (secondary N) is 1. The molecule has 1 N–H and O–H groups in total. The minimum absolute atomic E-state index is 0.123. The molecule has 138 valence electrons. The number of thioether (sulfide) groups is 1. The van der Waals surface area contributed by atoms with E-state index in [1.54, 1.807) is 0 Å². The first kappa shape index (κ1) is 18.1. The van der Waals surface area contributed by atoms with Crippen molar-refractivity contribution in [3.63, 3.8) is 0 Å². The SMILES string of the molecule is Cc1c(Cl)cccc1N=C1NC(=O)/C(=C/c2ccc(N3CCCC3)cc2)S1. The van der Waals surface area contributed by atoms with Gasteiger partial charge in [0.25, 0.3) is 5.91 Å². The van der Waals surface area contributed by atoms with E-state index in [4.69, 9.17) is 11.6 Å². The zero-order valence-corrected chi connectivity index (χ0v) is 16.6. The molecule has 2 fully saturated rings. The summed E-state index contributed by atoms with van der Waals surface area (Å²) in [7, 11) is 0. The summed E-state index contributed by atoms with van der Waals surface area (Å²) in [6.45, 7) is 4.17. The van der Waals surface area contributed by atoms with Crippen molar-refractivity contribution in [1.82, 2.24) is 5.32 Å². The predicted octanol–water partition coefficient (Wildman–Crippen LogP) is 5.14. The third-order valence-electron chi connectivity index (χ3n) is 4.77. The second kappa shape index (κ2) is 7.79. The molecule has 27 heavy (non-hydrogen) atoms. The molecular weight excluding hydrogens is 378 g/mol. The molecule has 4 rings (SSSR count). The number of hydrogen-bond donors (Lipinski definition) is 1. The standard InChI is InChI=1S/C21H20ClN3OS/c1-14-17(22)5-4-6-18(14)23-21-24-20(26)19(27-21)13-15-7-9-16(10-8-15)25-11-2-3-12-25/h4-10,13H,2-3,11-12H2,1H3,(H,23,24,26)/b19-13-. The highest BCUT2D eigenvalue weighted by Gasteiger charge is 2.24. The molecule has 4 nitrogen and oxygen atoms in total. The van der Waals surface area contributed by atoms with Crippen LogP contribution in [0, 0.1) is 6.92 Å². The topological polar surface area (TPSA) is 44.7 Å². The Morgan fingerprint density at radius 3 is 2.63 bits per heavy atom. The van der Waals surface area contributed by atoms with Crippen molar-refractivity contribution in [2.45, 2.75) is 19.8 Å². The van der Waals surface area contributed by atoms with E-state index in [0.717, 1.165) is 29.9 Å². The summed E-state index contributed by atoms with van der Waals surface area (Å²) in [5, 5.41) is 4.07. The van der Waals surface area contributed by atoms with Crippen LogP contribution in [-0.4, -0.2) is 24.2 Å². The van der Waals surface area contributed by atoms with Crippen molar-refractivity contribution in [3.05, 3.63) is 63.5 Å². The number of amidine groups is 1. The van der Waals surface area contributed by atoms with E-state index in [-0.39, 0.29) is 5.91 Å². The zero-order valence-electron chi connectivity index (χ0n) is 15.0. The maximum absolute atomic E-state index is 12.3. The van der Waals surface area contributed by atoms with Gasteiger partial charge in [-0.15, -0.1) is 0 Å². The Labute approximate surface area is 168 Å². The number of carbonyl (C=O) groups excluding carboxylic acids is 1. The number of rotatable bonds is 3. The normalized spacial score (nSPS) is 19.9. The molecule has 2 heterocycles. The van der Waals surface area contributed by atoms with Gasteiger partial charge in [-0.2, -0.15) is 0 Å². The number of halogens is 1. The number of hydrogen-bond acceptors (Lipinski definition) is 4. The minimum Gasteiger partial charge on any atom is -0.372 e. The fourth-order valence-electron chi connectivity index (χ4n) is 3.22. The minimum atomic E-state index is -0.123. The quantitative estimate of drug-likeness (QED) is 0.729. The van der Waals surface area contributed by atoms with Gasteiger partial charge in [0.2, 0.25) is 0 Å². The Bertz CT molecular complexity index is 931. The molecule has 1 amide bonds. The Morgan fingerprint density at radius 2 is 1.89 bits per heavy atom. The summed E-state index contributed by atoms with van der Waals surface area (Å²) >= 11 is 7.49. The molecule has 2 saturated heterocycles. The van der Waals surface area contributed by atoms with Gasteiger partial charge in [0.1, 0.15) is 0 Å². The fraction of sp³-hybridized carbons (Fsp3) is 0.238. The molecule has 0 unspecified atom stereocenters. The number of nitrogens with zero attached hydrogens (tertiary/aromatic N) is 2. The maximum Gasteiger partial charge on any atom is 0.264 e. The van der Waals surface area contributed by atoms with E-state index in [1.165, 1.54) is 30.3 Å². The number of amides is 1. The smallest absolute Gasteiger partial charge is 0.264 e. The van der Waals surface area contributed by atoms with E-state index in [2.05, 4.69) is 39.5 Å². The molecule has 0 bridgehead atoms. The average Bonchev–Trinajstić information content (AvgIpc) is 3.30. The van der Waals surface area contributed by atoms with Crippen LogP contribution in [-0.2, 0) is 4.79 Å². The lowest BCUT2D eigenvalue weighted by atomic mass is 10.2. The highest BCUT2D eigenvalue weighted by Crippen LogP contribution is 2.31. The van der Waals surface area contributed by atoms with E-state index < -0.39 is 0 Å². The molecule has 2 aliphatic heterocycles. The van der Waals surface area contributed by atoms with E-state index in [0.29, 0.717) is 15.1 Å². The number of aliphatic imine (C=N–C) groups is 1. The summed E-state index contributed by atoms with van der Waals surface area (Å²) in [5.41, 5.74) is 3.92. The number of carbonyl (C=O) groups is 1. The molecule has 0 spiro atoms. The molecule has 2 aliphatic rings. The van der Waals surface area contributed by atoms with Gasteiger partial charge in [-0.25, -0.2) is 4.99 Å². The predicted molar refractivity (Wildman–Crippen MR) is 115 cm³/mol. The summed E-state index contributed by atoms with van der Waals surface area (Å²) < 4.78 is 0. The van der Waals surface area contributed by atoms with Crippen molar-refractivity contribution in [1.29, 1.82) is 0 Å². The van der Waals surface area contributed by atoms with Crippen LogP contribution in [0.5, 0.6) is 0 Å². The molecule has 0 aliphatic carbocycles. The van der Waals surface area contributed by atoms with Gasteiger partial charge in [-0.1, -0.05) is 29.8 Å². The summed E-state index contributed by atoms with van der Waals surface area (Å²) in [6.07, 6.45) is 4.43. The highest BCUT2D eigenvalue weighted by molar-refractivity contribution is 8.18. The van der Waals surface area contributed by atoms with E-state index >= 15 is 0 Å². The van der Waals surface area contributed by atoms with Crippen LogP contribution in [0.3, 0.4) is 0 Å². The van der Waals surface area contributed by atoms with Crippen LogP contribution in [0.4, 0.5) is 11.4 Å². The molecule has 6 heteroatoms. The van der Waals surface area contributed by atoms with Gasteiger partial charge < -0.3 is 10.2 Å². The molecule has 0 aromatic heterocycles. The lowest BCUT2D eigenvalue weighted by molar-refractivity contribution is -0.115. The molecule has 0 radical (unpaired) electrons. The fourth-order valence-corrected chi connectivity index (χ4v) is 4.22. The van der Waals surface area contributed by atoms with Crippen LogP contribution in [0.15, 0.2) is 52.4 Å². The van der Waals surface area contributed by atoms with Crippen molar-refractivity contribution in [2.24, 2.45) is 4.99 Å². The van der Waals surface area contributed by atoms with Crippen LogP contribution >= 0.6 is 23.4 Å². The number of benzene rings is 2. The van der Waals surface area contributed by atoms with Gasteiger partial charge in [0, 0.05) is 23.8 Å². The second-order valence-corrected chi connectivity index (χ2v) is 8.09. The first-order valence-corrected chi connectivity index (χ1v) is 10.2. The lowest BCUT2D eigenvalue weighted by Crippen LogP contribution is -2.19. The average molecular weight is 398 g/mol. The first-order chi connectivity index (χ1) is 13.1. The van der Waals surface area contributed by atoms with E-state index in [1.807, 2.05) is 31.2 Å². The van der Waals surface area contributed by atoms with Gasteiger partial charge in [-0.3, -0.25) is 4.79 Å². The summed E-state index contributed by atoms with van der Waals surface area (Å²) in [4.78, 5) is 19.9. The monoisotopic (exact) mass is 397 g/mol. The molecule has 0 saturated carbocycles. The summed E-state index contributed by atoms with van der Waals surface area (Å²) in [5.74, 6) is -0.123. The van der Waals surface area contributed by atoms with Crippen molar-refractivity contribution < 1.29 is 4.79 Å². The Hall–Kier alpha value is -2.24. The summed E-state index contributed by atoms with van der Waals surface area (Å²) in [6, 6.07) is 13.9. The van der Waals surface area contributed by atoms with Crippen molar-refractivity contribution in [3.8, 4) is 0 Å². The van der Waals surface area contributed by atoms with Gasteiger partial charge >= 0.3 is 0 Å². The van der Waals surface area contributed by atoms with E-state index in [9.17, 15) is 4.79 Å². The first-order valence-electron chi connectivity index (χ1n) is 9.00. The number of anilines is 1. The molecule has 2 aromatic carbocycles. The van der Waals surface area contributed by atoms with Crippen LogP contribution in [0.25, 0.3) is 6.08 Å². The van der Waals surface area contributed by atoms with Gasteiger partial charge in [-0.05, 0) is 73.0 Å². The molecular formula is C21H20ClN3OS. The van der Waals surface area contributed by atoms with Crippen LogP contribution in [0.2, 0.25) is 5.02 Å². The Kier molecular flexibility index (Phi) is 5.23. The second-order valence-electron chi connectivity index (χ2n) is 6.65. The molecule has 0 atom stereocenters. The Balaban J connectivity index is 1.52. The van der Waals surface area contributed by atoms with Gasteiger partial charge in [0.15, 0.2) is 5.17 Å². The highest BCUT2D eigenvalue weighted by atomic mass is 35.5. The maximum atomic E-state index is 12.3. The van der Waals surface area contributed by atoms with Crippen molar-refractivity contribution >= 4 is 51.9 Å². The van der Waals surface area contributed by atoms with Crippen molar-refractivity contribution in [2.75, 3.05) is 18.0 Å². The largest absolute Gasteiger partial charge is 0.372 e. The van der Waals surface area contributed by atoms with Gasteiger partial charge in [0.05, 0.1) is 10.6 Å².